The normalized spacial score (nSPS) is 10.6. The van der Waals surface area contributed by atoms with Crippen molar-refractivity contribution < 1.29 is 14.7 Å². The van der Waals surface area contributed by atoms with E-state index in [0.717, 1.165) is 5.56 Å². The van der Waals surface area contributed by atoms with Gasteiger partial charge in [-0.2, -0.15) is 0 Å². The molecule has 0 saturated heterocycles. The van der Waals surface area contributed by atoms with Gasteiger partial charge in [-0.25, -0.2) is 0 Å². The molecule has 0 saturated carbocycles. The molecule has 1 aromatic carbocycles. The summed E-state index contributed by atoms with van der Waals surface area (Å²) < 4.78 is 1.65. The van der Waals surface area contributed by atoms with E-state index in [1.165, 1.54) is 0 Å². The van der Waals surface area contributed by atoms with Crippen molar-refractivity contribution in [2.24, 2.45) is 7.05 Å². The van der Waals surface area contributed by atoms with Gasteiger partial charge in [-0.15, -0.1) is 0 Å². The van der Waals surface area contributed by atoms with Crippen LogP contribution in [0.4, 0.5) is 0 Å². The fraction of sp³-hybridized carbons (Fsp3) is 0.250. The molecule has 1 N–H and O–H groups in total. The molecule has 5 heteroatoms. The van der Waals surface area contributed by atoms with E-state index in [1.807, 2.05) is 6.92 Å². The van der Waals surface area contributed by atoms with Crippen LogP contribution in [-0.2, 0) is 24.7 Å². The number of halogens is 1. The van der Waals surface area contributed by atoms with Crippen LogP contribution in [0.3, 0.4) is 0 Å². The standard InChI is InChI=1S/C16H16ClNO3/c1-3-10-8-11(9-14(19)20)18(2)15(10)16(21)12-6-4-5-7-13(12)17/h4-8H,3,9H2,1-2H3,(H,19,20). The van der Waals surface area contributed by atoms with Crippen LogP contribution in [0.15, 0.2) is 30.3 Å². The molecule has 1 heterocycles. The molecule has 0 unspecified atom stereocenters. The number of aliphatic carboxylic acids is 1. The predicted molar refractivity (Wildman–Crippen MR) is 81.0 cm³/mol. The van der Waals surface area contributed by atoms with E-state index in [9.17, 15) is 9.59 Å². The minimum Gasteiger partial charge on any atom is -0.481 e. The zero-order valence-electron chi connectivity index (χ0n) is 11.9. The molecule has 2 rings (SSSR count). The Morgan fingerprint density at radius 1 is 1.29 bits per heavy atom. The first-order chi connectivity index (χ1) is 9.95. The van der Waals surface area contributed by atoms with Crippen molar-refractivity contribution in [1.82, 2.24) is 4.57 Å². The maximum atomic E-state index is 12.7. The summed E-state index contributed by atoms with van der Waals surface area (Å²) in [6, 6.07) is 8.64. The third-order valence-corrected chi connectivity index (χ3v) is 3.79. The van der Waals surface area contributed by atoms with E-state index >= 15 is 0 Å². The highest BCUT2D eigenvalue weighted by Crippen LogP contribution is 2.24. The maximum absolute atomic E-state index is 12.7. The van der Waals surface area contributed by atoms with Gasteiger partial charge in [0.15, 0.2) is 0 Å². The number of ketones is 1. The van der Waals surface area contributed by atoms with Gasteiger partial charge in [0.25, 0.3) is 0 Å². The van der Waals surface area contributed by atoms with E-state index in [0.29, 0.717) is 28.4 Å². The monoisotopic (exact) mass is 305 g/mol. The number of carboxylic acids is 1. The Bertz CT molecular complexity index is 704. The van der Waals surface area contributed by atoms with Crippen LogP contribution in [0, 0.1) is 0 Å². The lowest BCUT2D eigenvalue weighted by molar-refractivity contribution is -0.136. The lowest BCUT2D eigenvalue weighted by Crippen LogP contribution is -2.13. The number of carbonyl (C=O) groups excluding carboxylic acids is 1. The first-order valence-corrected chi connectivity index (χ1v) is 7.02. The van der Waals surface area contributed by atoms with Crippen molar-refractivity contribution in [1.29, 1.82) is 0 Å². The summed E-state index contributed by atoms with van der Waals surface area (Å²) in [4.78, 5) is 23.6. The Labute approximate surface area is 128 Å². The van der Waals surface area contributed by atoms with Gasteiger partial charge in [-0.3, -0.25) is 9.59 Å². The van der Waals surface area contributed by atoms with Crippen LogP contribution < -0.4 is 0 Å². The highest BCUT2D eigenvalue weighted by Gasteiger charge is 2.22. The number of hydrogen-bond donors (Lipinski definition) is 1. The molecule has 110 valence electrons. The number of rotatable bonds is 5. The predicted octanol–water partition coefficient (Wildman–Crippen LogP) is 3.10. The van der Waals surface area contributed by atoms with Gasteiger partial charge < -0.3 is 9.67 Å². The molecule has 0 aliphatic rings. The lowest BCUT2D eigenvalue weighted by Gasteiger charge is -2.08. The first-order valence-electron chi connectivity index (χ1n) is 6.64. The molecule has 0 spiro atoms. The number of carboxylic acid groups (broad SMARTS) is 1. The molecular weight excluding hydrogens is 290 g/mol. The zero-order valence-corrected chi connectivity index (χ0v) is 12.6. The summed E-state index contributed by atoms with van der Waals surface area (Å²) >= 11 is 6.08. The molecule has 0 atom stereocenters. The Kier molecular flexibility index (Phi) is 4.48. The van der Waals surface area contributed by atoms with Gasteiger partial charge in [0.1, 0.15) is 0 Å². The average Bonchev–Trinajstić information content (AvgIpc) is 2.74. The molecule has 4 nitrogen and oxygen atoms in total. The van der Waals surface area contributed by atoms with Gasteiger partial charge in [-0.05, 0) is 30.2 Å². The van der Waals surface area contributed by atoms with E-state index < -0.39 is 5.97 Å². The van der Waals surface area contributed by atoms with Crippen LogP contribution >= 0.6 is 11.6 Å². The van der Waals surface area contributed by atoms with Gasteiger partial charge >= 0.3 is 5.97 Å². The van der Waals surface area contributed by atoms with Crippen LogP contribution in [-0.4, -0.2) is 21.4 Å². The summed E-state index contributed by atoms with van der Waals surface area (Å²) in [6.45, 7) is 1.93. The minimum absolute atomic E-state index is 0.112. The fourth-order valence-corrected chi connectivity index (χ4v) is 2.61. The summed E-state index contributed by atoms with van der Waals surface area (Å²) in [5.74, 6) is -1.11. The molecule has 0 aliphatic heterocycles. The quantitative estimate of drug-likeness (QED) is 0.864. The van der Waals surface area contributed by atoms with E-state index in [2.05, 4.69) is 0 Å². The largest absolute Gasteiger partial charge is 0.481 e. The highest BCUT2D eigenvalue weighted by atomic mass is 35.5. The number of aryl methyl sites for hydroxylation is 1. The third kappa shape index (κ3) is 3.00. The molecule has 0 amide bonds. The second-order valence-corrected chi connectivity index (χ2v) is 5.21. The molecule has 0 aliphatic carbocycles. The molecule has 0 radical (unpaired) electrons. The number of nitrogens with zero attached hydrogens (tertiary/aromatic N) is 1. The van der Waals surface area contributed by atoms with Crippen molar-refractivity contribution in [3.8, 4) is 0 Å². The second kappa shape index (κ2) is 6.14. The average molecular weight is 306 g/mol. The van der Waals surface area contributed by atoms with Crippen LogP contribution in [0.2, 0.25) is 5.02 Å². The minimum atomic E-state index is -0.921. The molecule has 21 heavy (non-hydrogen) atoms. The van der Waals surface area contributed by atoms with Gasteiger partial charge in [0, 0.05) is 18.3 Å². The van der Waals surface area contributed by atoms with Gasteiger partial charge in [-0.1, -0.05) is 30.7 Å². The van der Waals surface area contributed by atoms with Crippen molar-refractivity contribution in [2.45, 2.75) is 19.8 Å². The van der Waals surface area contributed by atoms with E-state index in [-0.39, 0.29) is 12.2 Å². The SMILES string of the molecule is CCc1cc(CC(=O)O)n(C)c1C(=O)c1ccccc1Cl. The first kappa shape index (κ1) is 15.3. The molecule has 0 fully saturated rings. The number of carbonyl (C=O) groups is 2. The zero-order chi connectivity index (χ0) is 15.6. The fourth-order valence-electron chi connectivity index (χ4n) is 2.39. The van der Waals surface area contributed by atoms with Crippen molar-refractivity contribution in [3.63, 3.8) is 0 Å². The smallest absolute Gasteiger partial charge is 0.309 e. The number of aromatic nitrogens is 1. The Balaban J connectivity index is 2.53. The molecule has 1 aromatic heterocycles. The van der Waals surface area contributed by atoms with Crippen LogP contribution in [0.5, 0.6) is 0 Å². The van der Waals surface area contributed by atoms with Gasteiger partial charge in [0.2, 0.25) is 5.78 Å². The Morgan fingerprint density at radius 3 is 2.52 bits per heavy atom. The van der Waals surface area contributed by atoms with Crippen LogP contribution in [0.1, 0.15) is 34.2 Å². The van der Waals surface area contributed by atoms with Crippen molar-refractivity contribution in [3.05, 3.63) is 57.9 Å². The van der Waals surface area contributed by atoms with E-state index in [1.54, 1.807) is 41.9 Å². The van der Waals surface area contributed by atoms with E-state index in [4.69, 9.17) is 16.7 Å². The molecule has 0 bridgehead atoms. The topological polar surface area (TPSA) is 59.3 Å². The van der Waals surface area contributed by atoms with Crippen LogP contribution in [0.25, 0.3) is 0 Å². The van der Waals surface area contributed by atoms with Gasteiger partial charge in [0.05, 0.1) is 17.1 Å². The molecular formula is C16H16ClNO3. The summed E-state index contributed by atoms with van der Waals surface area (Å²) in [7, 11) is 1.71. The maximum Gasteiger partial charge on any atom is 0.309 e. The highest BCUT2D eigenvalue weighted by molar-refractivity contribution is 6.34. The Morgan fingerprint density at radius 2 is 1.95 bits per heavy atom. The summed E-state index contributed by atoms with van der Waals surface area (Å²) in [5.41, 5.74) is 2.37. The van der Waals surface area contributed by atoms with Crippen molar-refractivity contribution in [2.75, 3.05) is 0 Å². The summed E-state index contributed by atoms with van der Waals surface area (Å²) in [6.07, 6.45) is 0.540. The number of benzene rings is 1. The summed E-state index contributed by atoms with van der Waals surface area (Å²) in [5, 5.41) is 9.34. The lowest BCUT2D eigenvalue weighted by atomic mass is 10.0. The second-order valence-electron chi connectivity index (χ2n) is 4.80. The Hall–Kier alpha value is -2.07. The molecule has 2 aromatic rings. The number of hydrogen-bond acceptors (Lipinski definition) is 2. The van der Waals surface area contributed by atoms with Crippen molar-refractivity contribution >= 4 is 23.4 Å². The third-order valence-electron chi connectivity index (χ3n) is 3.46.